The van der Waals surface area contributed by atoms with Crippen LogP contribution in [-0.2, 0) is 9.59 Å². The van der Waals surface area contributed by atoms with Crippen molar-refractivity contribution in [1.29, 1.82) is 0 Å². The Balaban J connectivity index is 3.25. The molecule has 0 saturated heterocycles. The van der Waals surface area contributed by atoms with E-state index in [-0.39, 0.29) is 23.0 Å². The first-order valence-electron chi connectivity index (χ1n) is 6.77. The van der Waals surface area contributed by atoms with Crippen LogP contribution in [0.4, 0.5) is 0 Å². The number of carbonyl (C=O) groups is 2. The predicted octanol–water partition coefficient (Wildman–Crippen LogP) is -0.263. The molecule has 1 rings (SSSR count). The van der Waals surface area contributed by atoms with E-state index in [1.807, 2.05) is 0 Å². The van der Waals surface area contributed by atoms with E-state index in [2.05, 4.69) is 10.3 Å². The van der Waals surface area contributed by atoms with Gasteiger partial charge in [0.25, 0.3) is 0 Å². The molecule has 0 saturated carbocycles. The van der Waals surface area contributed by atoms with E-state index in [9.17, 15) is 19.8 Å². The van der Waals surface area contributed by atoms with Crippen molar-refractivity contribution in [1.82, 2.24) is 5.32 Å². The van der Waals surface area contributed by atoms with E-state index < -0.39 is 30.4 Å². The van der Waals surface area contributed by atoms with Gasteiger partial charge in [0.1, 0.15) is 18.0 Å². The minimum absolute atomic E-state index is 0.126. The molecule has 1 amide bonds. The molecule has 8 N–H and O–H groups in total. The Morgan fingerprint density at radius 1 is 1.22 bits per heavy atom. The van der Waals surface area contributed by atoms with E-state index >= 15 is 0 Å². The van der Waals surface area contributed by atoms with E-state index in [0.29, 0.717) is 5.56 Å². The molecule has 0 spiro atoms. The zero-order valence-corrected chi connectivity index (χ0v) is 12.8. The maximum absolute atomic E-state index is 12.1. The first-order valence-corrected chi connectivity index (χ1v) is 6.77. The van der Waals surface area contributed by atoms with Gasteiger partial charge in [0, 0.05) is 5.56 Å². The number of nitrogens with two attached hydrogens (primary N) is 2. The van der Waals surface area contributed by atoms with Gasteiger partial charge in [0.05, 0.1) is 0 Å². The summed E-state index contributed by atoms with van der Waals surface area (Å²) in [4.78, 5) is 26.3. The quantitative estimate of drug-likeness (QED) is 0.309. The normalized spacial score (nSPS) is 11.8. The molecule has 23 heavy (non-hydrogen) atoms. The average molecular weight is 324 g/mol. The molecule has 0 fully saturated rings. The van der Waals surface area contributed by atoms with E-state index in [1.54, 1.807) is 13.8 Å². The van der Waals surface area contributed by atoms with Crippen LogP contribution in [0.2, 0.25) is 0 Å². The average Bonchev–Trinajstić information content (AvgIpc) is 2.40. The van der Waals surface area contributed by atoms with Crippen LogP contribution in [-0.4, -0.2) is 39.7 Å². The molecule has 126 valence electrons. The summed E-state index contributed by atoms with van der Waals surface area (Å²) >= 11 is 0. The third-order valence-corrected chi connectivity index (χ3v) is 2.99. The molecular weight excluding hydrogens is 304 g/mol. The summed E-state index contributed by atoms with van der Waals surface area (Å²) in [5.41, 5.74) is 11.0. The Labute approximate surface area is 132 Å². The molecule has 0 aliphatic heterocycles. The number of phenols is 2. The maximum atomic E-state index is 12.1. The molecule has 9 heteroatoms. The minimum atomic E-state index is -1.29. The highest BCUT2D eigenvalue weighted by atomic mass is 16.4. The number of benzene rings is 1. The number of amides is 1. The standard InChI is InChI=1S/C14H20N4O5/c1-6(2)11-8(19)3-7(4-9(11)20)12(18-14(15)16)13(23)17-5-10(21)22/h3-4,6,12,19-20H,5H2,1-2H3,(H,17,23)(H,21,22)(H4,15,16,18). The first-order chi connectivity index (χ1) is 10.6. The fourth-order valence-electron chi connectivity index (χ4n) is 2.09. The molecule has 0 aliphatic carbocycles. The van der Waals surface area contributed by atoms with Crippen molar-refractivity contribution in [2.24, 2.45) is 16.5 Å². The topological polar surface area (TPSA) is 171 Å². The number of hydrogen-bond donors (Lipinski definition) is 6. The number of guanidine groups is 1. The largest absolute Gasteiger partial charge is 0.508 e. The van der Waals surface area contributed by atoms with Crippen LogP contribution < -0.4 is 16.8 Å². The van der Waals surface area contributed by atoms with Crippen LogP contribution in [0.1, 0.15) is 36.9 Å². The van der Waals surface area contributed by atoms with Gasteiger partial charge in [-0.05, 0) is 23.6 Å². The highest BCUT2D eigenvalue weighted by Crippen LogP contribution is 2.37. The number of aliphatic imine (C=N–C) groups is 1. The summed E-state index contributed by atoms with van der Waals surface area (Å²) in [6, 6.07) is 1.22. The number of carboxylic acids is 1. The second-order valence-corrected chi connectivity index (χ2v) is 5.20. The van der Waals surface area contributed by atoms with E-state index in [4.69, 9.17) is 16.6 Å². The Morgan fingerprint density at radius 3 is 2.13 bits per heavy atom. The second kappa shape index (κ2) is 7.34. The van der Waals surface area contributed by atoms with Crippen LogP contribution >= 0.6 is 0 Å². The molecule has 0 aliphatic rings. The maximum Gasteiger partial charge on any atom is 0.322 e. The number of phenolic OH excluding ortho intramolecular Hbond substituents is 2. The summed E-state index contributed by atoms with van der Waals surface area (Å²) in [6.07, 6.45) is 0. The highest BCUT2D eigenvalue weighted by molar-refractivity contribution is 5.89. The first kappa shape index (κ1) is 18.1. The lowest BCUT2D eigenvalue weighted by Crippen LogP contribution is -2.35. The summed E-state index contributed by atoms with van der Waals surface area (Å²) in [5, 5.41) is 30.8. The lowest BCUT2D eigenvalue weighted by molar-refractivity contribution is -0.138. The Bertz CT molecular complexity index is 615. The highest BCUT2D eigenvalue weighted by Gasteiger charge is 2.24. The van der Waals surface area contributed by atoms with Gasteiger partial charge in [-0.1, -0.05) is 13.8 Å². The summed E-state index contributed by atoms with van der Waals surface area (Å²) < 4.78 is 0. The fourth-order valence-corrected chi connectivity index (χ4v) is 2.09. The fraction of sp³-hybridized carbons (Fsp3) is 0.357. The van der Waals surface area contributed by atoms with Crippen molar-refractivity contribution in [3.8, 4) is 11.5 Å². The molecule has 0 aromatic heterocycles. The lowest BCUT2D eigenvalue weighted by Gasteiger charge is -2.17. The van der Waals surface area contributed by atoms with Crippen molar-refractivity contribution >= 4 is 17.8 Å². The SMILES string of the molecule is CC(C)c1c(O)cc(C(N=C(N)N)C(=O)NCC(=O)O)cc1O. The van der Waals surface area contributed by atoms with Crippen LogP contribution in [0, 0.1) is 0 Å². The van der Waals surface area contributed by atoms with E-state index in [1.165, 1.54) is 12.1 Å². The Morgan fingerprint density at radius 2 is 1.74 bits per heavy atom. The van der Waals surface area contributed by atoms with Gasteiger partial charge < -0.3 is 32.1 Å². The zero-order chi connectivity index (χ0) is 17.7. The molecule has 0 radical (unpaired) electrons. The number of aromatic hydroxyl groups is 2. The van der Waals surface area contributed by atoms with Crippen LogP contribution in [0.3, 0.4) is 0 Å². The van der Waals surface area contributed by atoms with Crippen LogP contribution in [0.15, 0.2) is 17.1 Å². The van der Waals surface area contributed by atoms with Crippen LogP contribution in [0.5, 0.6) is 11.5 Å². The van der Waals surface area contributed by atoms with Crippen molar-refractivity contribution < 1.29 is 24.9 Å². The predicted molar refractivity (Wildman–Crippen MR) is 83.1 cm³/mol. The number of nitrogens with one attached hydrogen (secondary N) is 1. The van der Waals surface area contributed by atoms with Crippen LogP contribution in [0.25, 0.3) is 0 Å². The third-order valence-electron chi connectivity index (χ3n) is 2.99. The van der Waals surface area contributed by atoms with Crippen molar-refractivity contribution in [2.75, 3.05) is 6.54 Å². The molecule has 9 nitrogen and oxygen atoms in total. The molecule has 1 aromatic rings. The van der Waals surface area contributed by atoms with Gasteiger partial charge >= 0.3 is 5.97 Å². The molecule has 1 unspecified atom stereocenters. The van der Waals surface area contributed by atoms with E-state index in [0.717, 1.165) is 0 Å². The summed E-state index contributed by atoms with van der Waals surface area (Å²) in [6.45, 7) is 2.94. The van der Waals surface area contributed by atoms with Gasteiger partial charge in [-0.15, -0.1) is 0 Å². The number of carbonyl (C=O) groups excluding carboxylic acids is 1. The third kappa shape index (κ3) is 4.77. The van der Waals surface area contributed by atoms with Gasteiger partial charge in [-0.2, -0.15) is 0 Å². The Hall–Kier alpha value is -2.97. The smallest absolute Gasteiger partial charge is 0.322 e. The van der Waals surface area contributed by atoms with Gasteiger partial charge in [-0.25, -0.2) is 4.99 Å². The minimum Gasteiger partial charge on any atom is -0.508 e. The number of nitrogens with zero attached hydrogens (tertiary/aromatic N) is 1. The Kier molecular flexibility index (Phi) is 5.77. The van der Waals surface area contributed by atoms with Gasteiger partial charge in [-0.3, -0.25) is 9.59 Å². The number of aliphatic carboxylic acids is 1. The van der Waals surface area contributed by atoms with Crippen molar-refractivity contribution in [3.63, 3.8) is 0 Å². The molecule has 0 heterocycles. The number of hydrogen-bond acceptors (Lipinski definition) is 5. The zero-order valence-electron chi connectivity index (χ0n) is 12.8. The summed E-state index contributed by atoms with van der Waals surface area (Å²) in [5.74, 6) is -2.98. The molecule has 0 bridgehead atoms. The number of rotatable bonds is 6. The second-order valence-electron chi connectivity index (χ2n) is 5.20. The summed E-state index contributed by atoms with van der Waals surface area (Å²) in [7, 11) is 0. The molecular formula is C14H20N4O5. The van der Waals surface area contributed by atoms with Crippen molar-refractivity contribution in [2.45, 2.75) is 25.8 Å². The molecule has 1 aromatic carbocycles. The van der Waals surface area contributed by atoms with Gasteiger partial charge in [0.15, 0.2) is 12.0 Å². The lowest BCUT2D eigenvalue weighted by atomic mass is 9.96. The van der Waals surface area contributed by atoms with Crippen molar-refractivity contribution in [3.05, 3.63) is 23.3 Å². The van der Waals surface area contributed by atoms with Gasteiger partial charge in [0.2, 0.25) is 5.91 Å². The number of carboxylic acid groups (broad SMARTS) is 1. The molecule has 1 atom stereocenters. The monoisotopic (exact) mass is 324 g/mol.